The number of hydrogen-bond donors (Lipinski definition) is 3. The minimum atomic E-state index is -1.60. The average Bonchev–Trinajstić information content (AvgIpc) is 3.13. The van der Waals surface area contributed by atoms with Crippen molar-refractivity contribution < 1.29 is 15.0 Å². The number of amides is 1. The SMILES string of the molecule is CC1CC=C(c2ccc(NC(=O)C3=C(C(O)O)CCC3)cc2Cl)C=C1C#N. The van der Waals surface area contributed by atoms with Gasteiger partial charge in [0.15, 0.2) is 6.29 Å². The summed E-state index contributed by atoms with van der Waals surface area (Å²) in [5.74, 6) is -0.136. The van der Waals surface area contributed by atoms with E-state index < -0.39 is 6.29 Å². The third-order valence-corrected chi connectivity index (χ3v) is 5.36. The van der Waals surface area contributed by atoms with E-state index in [2.05, 4.69) is 17.5 Å². The van der Waals surface area contributed by atoms with E-state index in [0.29, 0.717) is 34.7 Å². The third-order valence-electron chi connectivity index (χ3n) is 5.05. The summed E-state index contributed by atoms with van der Waals surface area (Å²) in [5.41, 5.74) is 3.78. The van der Waals surface area contributed by atoms with Crippen LogP contribution in [-0.4, -0.2) is 22.4 Å². The van der Waals surface area contributed by atoms with E-state index in [1.165, 1.54) is 0 Å². The number of carbonyl (C=O) groups excluding carboxylic acids is 1. The number of anilines is 1. The number of nitrogens with zero attached hydrogens (tertiary/aromatic N) is 1. The van der Waals surface area contributed by atoms with Crippen LogP contribution in [0.25, 0.3) is 5.57 Å². The van der Waals surface area contributed by atoms with Gasteiger partial charge in [0.1, 0.15) is 0 Å². The van der Waals surface area contributed by atoms with Crippen molar-refractivity contribution in [2.24, 2.45) is 5.92 Å². The van der Waals surface area contributed by atoms with Crippen molar-refractivity contribution in [1.82, 2.24) is 0 Å². The molecule has 1 aromatic rings. The molecule has 0 radical (unpaired) electrons. The summed E-state index contributed by atoms with van der Waals surface area (Å²) >= 11 is 6.42. The first kappa shape index (κ1) is 19.4. The maximum absolute atomic E-state index is 12.5. The minimum absolute atomic E-state index is 0.201. The molecule has 1 atom stereocenters. The fourth-order valence-corrected chi connectivity index (χ4v) is 3.76. The quantitative estimate of drug-likeness (QED) is 0.685. The molecule has 1 amide bonds. The molecule has 27 heavy (non-hydrogen) atoms. The first-order chi connectivity index (χ1) is 12.9. The Morgan fingerprint density at radius 1 is 1.37 bits per heavy atom. The second kappa shape index (κ2) is 8.10. The lowest BCUT2D eigenvalue weighted by atomic mass is 9.88. The van der Waals surface area contributed by atoms with Gasteiger partial charge in [-0.1, -0.05) is 30.7 Å². The molecule has 3 N–H and O–H groups in total. The molecule has 1 unspecified atom stereocenters. The molecule has 0 saturated heterocycles. The molecular weight excluding hydrogens is 364 g/mol. The topological polar surface area (TPSA) is 93.3 Å². The molecule has 2 aliphatic rings. The Hall–Kier alpha value is -2.39. The van der Waals surface area contributed by atoms with Gasteiger partial charge in [0.2, 0.25) is 0 Å². The number of allylic oxidation sites excluding steroid dienone is 4. The molecule has 2 aliphatic carbocycles. The Kier molecular flexibility index (Phi) is 5.81. The maximum atomic E-state index is 12.5. The molecular formula is C21H21ClN2O3. The summed E-state index contributed by atoms with van der Waals surface area (Å²) in [5, 5.41) is 31.3. The molecule has 0 saturated carbocycles. The van der Waals surface area contributed by atoms with Gasteiger partial charge in [-0.2, -0.15) is 5.26 Å². The molecule has 5 nitrogen and oxygen atoms in total. The Balaban J connectivity index is 1.80. The molecule has 0 fully saturated rings. The first-order valence-electron chi connectivity index (χ1n) is 8.92. The summed E-state index contributed by atoms with van der Waals surface area (Å²) in [7, 11) is 0. The predicted molar refractivity (Wildman–Crippen MR) is 105 cm³/mol. The van der Waals surface area contributed by atoms with Crippen LogP contribution in [0.2, 0.25) is 5.02 Å². The standard InChI is InChI=1S/C21H21ClN2O3/c1-12-5-6-13(9-14(12)11-23)16-8-7-15(10-19(16)22)24-20(25)17-3-2-4-18(17)21(26)27/h6-10,12,21,26-27H,2-5H2,1H3,(H,24,25). The van der Waals surface area contributed by atoms with E-state index in [9.17, 15) is 20.3 Å². The van der Waals surface area contributed by atoms with Crippen LogP contribution >= 0.6 is 11.6 Å². The lowest BCUT2D eigenvalue weighted by molar-refractivity contribution is -0.113. The Labute approximate surface area is 163 Å². The maximum Gasteiger partial charge on any atom is 0.251 e. The Morgan fingerprint density at radius 3 is 2.81 bits per heavy atom. The number of rotatable bonds is 4. The van der Waals surface area contributed by atoms with Gasteiger partial charge < -0.3 is 15.5 Å². The van der Waals surface area contributed by atoms with Gasteiger partial charge in [-0.05, 0) is 61.0 Å². The smallest absolute Gasteiger partial charge is 0.251 e. The molecule has 0 bridgehead atoms. The summed E-state index contributed by atoms with van der Waals surface area (Å²) < 4.78 is 0. The van der Waals surface area contributed by atoms with Gasteiger partial charge in [-0.3, -0.25) is 4.79 Å². The summed E-state index contributed by atoms with van der Waals surface area (Å²) in [4.78, 5) is 12.5. The van der Waals surface area contributed by atoms with Crippen molar-refractivity contribution in [1.29, 1.82) is 5.26 Å². The number of halogens is 1. The number of hydrogen-bond acceptors (Lipinski definition) is 4. The van der Waals surface area contributed by atoms with Crippen molar-refractivity contribution in [2.45, 2.75) is 38.9 Å². The van der Waals surface area contributed by atoms with Crippen LogP contribution in [-0.2, 0) is 4.79 Å². The number of carbonyl (C=O) groups is 1. The number of nitrogens with one attached hydrogen (secondary N) is 1. The van der Waals surface area contributed by atoms with Gasteiger partial charge >= 0.3 is 0 Å². The zero-order valence-electron chi connectivity index (χ0n) is 15.0. The van der Waals surface area contributed by atoms with Crippen LogP contribution < -0.4 is 5.32 Å². The van der Waals surface area contributed by atoms with Gasteiger partial charge in [0.05, 0.1) is 11.1 Å². The number of aliphatic hydroxyl groups excluding tert-OH is 1. The van der Waals surface area contributed by atoms with E-state index in [0.717, 1.165) is 29.6 Å². The molecule has 0 spiro atoms. The van der Waals surface area contributed by atoms with E-state index in [4.69, 9.17) is 11.6 Å². The highest BCUT2D eigenvalue weighted by atomic mass is 35.5. The van der Waals surface area contributed by atoms with Gasteiger partial charge in [-0.15, -0.1) is 0 Å². The van der Waals surface area contributed by atoms with Crippen LogP contribution in [0.15, 0.2) is 47.1 Å². The van der Waals surface area contributed by atoms with E-state index in [1.54, 1.807) is 12.1 Å². The zero-order chi connectivity index (χ0) is 19.6. The molecule has 0 aromatic heterocycles. The van der Waals surface area contributed by atoms with E-state index in [-0.39, 0.29) is 11.8 Å². The first-order valence-corrected chi connectivity index (χ1v) is 9.29. The molecule has 0 aliphatic heterocycles. The predicted octanol–water partition coefficient (Wildman–Crippen LogP) is 3.94. The summed E-state index contributed by atoms with van der Waals surface area (Å²) in [6.07, 6.45) is 4.87. The minimum Gasteiger partial charge on any atom is -0.365 e. The number of aliphatic hydroxyl groups is 2. The van der Waals surface area contributed by atoms with Crippen LogP contribution in [0.4, 0.5) is 5.69 Å². The third kappa shape index (κ3) is 4.14. The Bertz CT molecular complexity index is 906. The normalized spacial score (nSPS) is 19.6. The molecule has 1 aromatic carbocycles. The highest BCUT2D eigenvalue weighted by Crippen LogP contribution is 2.34. The highest BCUT2D eigenvalue weighted by molar-refractivity contribution is 6.33. The monoisotopic (exact) mass is 384 g/mol. The summed E-state index contributed by atoms with van der Waals surface area (Å²) in [6.45, 7) is 2.01. The average molecular weight is 385 g/mol. The van der Waals surface area contributed by atoms with Crippen LogP contribution in [0, 0.1) is 17.2 Å². The van der Waals surface area contributed by atoms with Crippen molar-refractivity contribution >= 4 is 28.8 Å². The summed E-state index contributed by atoms with van der Waals surface area (Å²) in [6, 6.07) is 7.46. The number of benzene rings is 1. The van der Waals surface area contributed by atoms with Crippen molar-refractivity contribution in [2.75, 3.05) is 5.32 Å². The van der Waals surface area contributed by atoms with Crippen molar-refractivity contribution in [3.63, 3.8) is 0 Å². The fourth-order valence-electron chi connectivity index (χ4n) is 3.47. The van der Waals surface area contributed by atoms with Crippen LogP contribution in [0.3, 0.4) is 0 Å². The van der Waals surface area contributed by atoms with Gasteiger partial charge in [0, 0.05) is 22.4 Å². The van der Waals surface area contributed by atoms with Crippen molar-refractivity contribution in [3.05, 3.63) is 57.7 Å². The second-order valence-electron chi connectivity index (χ2n) is 6.89. The zero-order valence-corrected chi connectivity index (χ0v) is 15.8. The largest absolute Gasteiger partial charge is 0.365 e. The lowest BCUT2D eigenvalue weighted by Gasteiger charge is -2.17. The van der Waals surface area contributed by atoms with E-state index >= 15 is 0 Å². The highest BCUT2D eigenvalue weighted by Gasteiger charge is 2.25. The van der Waals surface area contributed by atoms with Crippen molar-refractivity contribution in [3.8, 4) is 6.07 Å². The Morgan fingerprint density at radius 2 is 2.15 bits per heavy atom. The van der Waals surface area contributed by atoms with E-state index in [1.807, 2.05) is 19.1 Å². The molecule has 6 heteroatoms. The van der Waals surface area contributed by atoms with Gasteiger partial charge in [0.25, 0.3) is 5.91 Å². The van der Waals surface area contributed by atoms with Crippen LogP contribution in [0.5, 0.6) is 0 Å². The van der Waals surface area contributed by atoms with Crippen LogP contribution in [0.1, 0.15) is 38.2 Å². The molecule has 140 valence electrons. The molecule has 3 rings (SSSR count). The lowest BCUT2D eigenvalue weighted by Crippen LogP contribution is -2.18. The number of nitriles is 1. The van der Waals surface area contributed by atoms with Gasteiger partial charge in [-0.25, -0.2) is 0 Å². The fraction of sp³-hybridized carbons (Fsp3) is 0.333. The molecule has 0 heterocycles. The second-order valence-corrected chi connectivity index (χ2v) is 7.29.